The van der Waals surface area contributed by atoms with Gasteiger partial charge in [0.05, 0.1) is 0 Å². The van der Waals surface area contributed by atoms with Crippen molar-refractivity contribution in [1.82, 2.24) is 0 Å². The fourth-order valence-corrected chi connectivity index (χ4v) is 5.07. The van der Waals surface area contributed by atoms with Gasteiger partial charge in [-0.15, -0.1) is 0 Å². The summed E-state index contributed by atoms with van der Waals surface area (Å²) in [5, 5.41) is 0. The fourth-order valence-electron chi connectivity index (χ4n) is 1.26. The van der Waals surface area contributed by atoms with Crippen LogP contribution in [0.2, 0.25) is 0 Å². The number of benzene rings is 2. The summed E-state index contributed by atoms with van der Waals surface area (Å²) in [6.45, 7) is 0. The molecule has 0 amide bonds. The molecule has 0 aliphatic rings. The molecule has 0 nitrogen and oxygen atoms in total. The van der Waals surface area contributed by atoms with Gasteiger partial charge in [0.2, 0.25) is 0 Å². The van der Waals surface area contributed by atoms with Gasteiger partial charge in [0.25, 0.3) is 0 Å². The van der Waals surface area contributed by atoms with Crippen LogP contribution >= 0.6 is 16.0 Å². The molecule has 0 aromatic heterocycles. The van der Waals surface area contributed by atoms with E-state index in [0.717, 1.165) is 0 Å². The molecule has 82 valence electrons. The molecule has 0 fully saturated rings. The van der Waals surface area contributed by atoms with E-state index in [1.165, 1.54) is 9.07 Å². The Morgan fingerprint density at radius 3 is 1.27 bits per heavy atom. The summed E-state index contributed by atoms with van der Waals surface area (Å²) < 4.78 is 2.75. The van der Waals surface area contributed by atoms with Crippen molar-refractivity contribution in [2.75, 3.05) is 0 Å². The molecule has 0 saturated heterocycles. The van der Waals surface area contributed by atoms with Crippen LogP contribution in [0.1, 0.15) is 0 Å². The summed E-state index contributed by atoms with van der Waals surface area (Å²) in [7, 11) is 6.00. The standard InChI is InChI=1S/2C6H5.Ni.2H2P/c2*1-2-4-6-5-3-1;;;/h2*1-5H;;2*1H2/q;;+2;2*-1. The molecule has 0 N–H and O–H groups in total. The minimum atomic E-state index is -1.12. The second kappa shape index (κ2) is 4.75. The summed E-state index contributed by atoms with van der Waals surface area (Å²) in [4.78, 5) is 0. The first kappa shape index (κ1) is 11.3. The van der Waals surface area contributed by atoms with Crippen LogP contribution in [0, 0.1) is 0 Å². The Kier molecular flexibility index (Phi) is 3.58. The normalized spacial score (nSPS) is 12.4. The van der Waals surface area contributed by atoms with Crippen molar-refractivity contribution >= 4 is 25.1 Å². The third-order valence-corrected chi connectivity index (χ3v) is 8.05. The Balaban J connectivity index is 2.44. The molecule has 0 spiro atoms. The predicted octanol–water partition coefficient (Wildman–Crippen LogP) is 2.37. The molecular formula is C12H14NiP2. The van der Waals surface area contributed by atoms with Gasteiger partial charge in [-0.25, -0.2) is 0 Å². The van der Waals surface area contributed by atoms with Crippen molar-refractivity contribution < 1.29 is 11.5 Å². The third-order valence-electron chi connectivity index (χ3n) is 2.03. The number of hydrogen-bond donors (Lipinski definition) is 0. The minimum absolute atomic E-state index is 1.12. The summed E-state index contributed by atoms with van der Waals surface area (Å²) in [6.07, 6.45) is 0. The van der Waals surface area contributed by atoms with Gasteiger partial charge in [-0.3, -0.25) is 0 Å². The maximum atomic E-state index is 3.00. The van der Waals surface area contributed by atoms with E-state index in [4.69, 9.17) is 0 Å². The van der Waals surface area contributed by atoms with E-state index in [1.807, 2.05) is 0 Å². The van der Waals surface area contributed by atoms with E-state index < -0.39 is 11.5 Å². The van der Waals surface area contributed by atoms with Crippen molar-refractivity contribution in [1.29, 1.82) is 0 Å². The van der Waals surface area contributed by atoms with E-state index >= 15 is 0 Å². The van der Waals surface area contributed by atoms with E-state index in [-0.39, 0.29) is 0 Å². The van der Waals surface area contributed by atoms with Crippen LogP contribution in [0.3, 0.4) is 0 Å². The molecule has 0 aliphatic heterocycles. The molecule has 0 radical (unpaired) electrons. The molecule has 2 rings (SSSR count). The van der Waals surface area contributed by atoms with Crippen LogP contribution in [0.15, 0.2) is 60.7 Å². The second-order valence-corrected chi connectivity index (χ2v) is 12.4. The molecule has 0 bridgehead atoms. The number of hydrogen-bond acceptors (Lipinski definition) is 0. The monoisotopic (exact) mass is 278 g/mol. The fraction of sp³-hybridized carbons (Fsp3) is 0. The van der Waals surface area contributed by atoms with Crippen molar-refractivity contribution in [2.24, 2.45) is 0 Å². The van der Waals surface area contributed by atoms with Crippen molar-refractivity contribution in [3.05, 3.63) is 60.7 Å². The zero-order valence-corrected chi connectivity index (χ0v) is 11.5. The van der Waals surface area contributed by atoms with Gasteiger partial charge < -0.3 is 0 Å². The molecule has 0 heterocycles. The zero-order valence-electron chi connectivity index (χ0n) is 8.24. The van der Waals surface area contributed by atoms with Gasteiger partial charge in [-0.05, 0) is 0 Å². The Labute approximate surface area is 97.2 Å². The first-order chi connectivity index (χ1) is 7.21. The molecule has 3 heteroatoms. The molecule has 0 saturated carbocycles. The van der Waals surface area contributed by atoms with Gasteiger partial charge in [-0.1, -0.05) is 0 Å². The third kappa shape index (κ3) is 2.48. The van der Waals surface area contributed by atoms with Crippen LogP contribution in [0.25, 0.3) is 0 Å². The van der Waals surface area contributed by atoms with Crippen LogP contribution in [0.5, 0.6) is 0 Å². The van der Waals surface area contributed by atoms with Crippen molar-refractivity contribution in [2.45, 2.75) is 0 Å². The van der Waals surface area contributed by atoms with E-state index in [9.17, 15) is 0 Å². The Hall–Kier alpha value is -0.206. The Morgan fingerprint density at radius 1 is 0.600 bits per heavy atom. The Morgan fingerprint density at radius 2 is 0.933 bits per heavy atom. The molecule has 0 aliphatic carbocycles. The van der Waals surface area contributed by atoms with Gasteiger partial charge >= 0.3 is 97.3 Å². The van der Waals surface area contributed by atoms with Crippen molar-refractivity contribution in [3.8, 4) is 0 Å². The summed E-state index contributed by atoms with van der Waals surface area (Å²) >= 11 is -1.12. The molecule has 2 aromatic carbocycles. The van der Waals surface area contributed by atoms with Gasteiger partial charge in [-0.2, -0.15) is 0 Å². The van der Waals surface area contributed by atoms with Gasteiger partial charge in [0.15, 0.2) is 0 Å². The quantitative estimate of drug-likeness (QED) is 0.585. The molecule has 15 heavy (non-hydrogen) atoms. The van der Waals surface area contributed by atoms with E-state index in [1.54, 1.807) is 0 Å². The van der Waals surface area contributed by atoms with Crippen LogP contribution in [0.4, 0.5) is 0 Å². The average Bonchev–Trinajstić information content (AvgIpc) is 2.31. The second-order valence-electron chi connectivity index (χ2n) is 3.07. The van der Waals surface area contributed by atoms with Gasteiger partial charge in [0, 0.05) is 0 Å². The van der Waals surface area contributed by atoms with E-state index in [0.29, 0.717) is 0 Å². The van der Waals surface area contributed by atoms with Crippen LogP contribution < -0.4 is 9.07 Å². The first-order valence-corrected chi connectivity index (χ1v) is 9.64. The molecule has 2 unspecified atom stereocenters. The van der Waals surface area contributed by atoms with E-state index in [2.05, 4.69) is 76.7 Å². The molecule has 2 aromatic rings. The SMILES string of the molecule is [PH2][Ni]([PH2])([c]1ccccc1)[c]1ccccc1. The van der Waals surface area contributed by atoms with Gasteiger partial charge in [0.1, 0.15) is 0 Å². The van der Waals surface area contributed by atoms with Crippen molar-refractivity contribution in [3.63, 3.8) is 0 Å². The summed E-state index contributed by atoms with van der Waals surface area (Å²) in [5.74, 6) is 0. The average molecular weight is 279 g/mol. The first-order valence-electron chi connectivity index (χ1n) is 4.50. The zero-order chi connectivity index (χ0) is 10.7. The molecular weight excluding hydrogens is 265 g/mol. The topological polar surface area (TPSA) is 0 Å². The summed E-state index contributed by atoms with van der Waals surface area (Å²) in [6, 6.07) is 21.2. The van der Waals surface area contributed by atoms with Crippen LogP contribution in [-0.4, -0.2) is 0 Å². The predicted molar refractivity (Wildman–Crippen MR) is 71.6 cm³/mol. The number of rotatable bonds is 2. The van der Waals surface area contributed by atoms with Crippen LogP contribution in [-0.2, 0) is 11.5 Å². The molecule has 2 atom stereocenters. The maximum absolute atomic E-state index is 3.00. The Bertz CT molecular complexity index is 384. The summed E-state index contributed by atoms with van der Waals surface area (Å²) in [5.41, 5.74) is 0.